The van der Waals surface area contributed by atoms with Crippen LogP contribution in [0.2, 0.25) is 0 Å². The first-order chi connectivity index (χ1) is 12.7. The molecule has 3 rings (SSSR count). The summed E-state index contributed by atoms with van der Waals surface area (Å²) in [6.07, 6.45) is 2.50. The number of hydrogen-bond donors (Lipinski definition) is 2. The predicted molar refractivity (Wildman–Crippen MR) is 109 cm³/mol. The third kappa shape index (κ3) is 4.73. The molecule has 1 fully saturated rings. The number of benzene rings is 2. The number of nitrogens with one attached hydrogen (secondary N) is 2. The van der Waals surface area contributed by atoms with E-state index in [1.54, 1.807) is 24.3 Å². The van der Waals surface area contributed by atoms with E-state index in [-0.39, 0.29) is 11.0 Å². The highest BCUT2D eigenvalue weighted by Gasteiger charge is 2.12. The van der Waals surface area contributed by atoms with Crippen LogP contribution in [0.4, 0.5) is 11.4 Å². The second-order valence-electron chi connectivity index (χ2n) is 6.11. The fourth-order valence-corrected chi connectivity index (χ4v) is 3.15. The Bertz CT molecular complexity index is 754. The molecule has 0 atom stereocenters. The van der Waals surface area contributed by atoms with Crippen molar-refractivity contribution in [1.29, 1.82) is 0 Å². The number of nitrogens with zero attached hydrogens (tertiary/aromatic N) is 1. The standard InChI is InChI=1S/C20H23N3O2S/c1-2-25-18-11-5-15(6-12-18)19(24)22-20(26)21-16-7-9-17(10-8-16)23-13-3-4-14-23/h5-12H,2-4,13-14H2,1H3,(H2,21,22,24,26). The maximum absolute atomic E-state index is 12.3. The first kappa shape index (κ1) is 18.2. The lowest BCUT2D eigenvalue weighted by Gasteiger charge is -2.18. The van der Waals surface area contributed by atoms with E-state index in [1.165, 1.54) is 18.5 Å². The Kier molecular flexibility index (Phi) is 6.07. The van der Waals surface area contributed by atoms with E-state index in [0.29, 0.717) is 12.2 Å². The minimum Gasteiger partial charge on any atom is -0.494 e. The molecule has 136 valence electrons. The Morgan fingerprint density at radius 1 is 1.08 bits per heavy atom. The minimum atomic E-state index is -0.251. The number of carbonyl (C=O) groups is 1. The second kappa shape index (κ2) is 8.67. The number of ether oxygens (including phenoxy) is 1. The van der Waals surface area contributed by atoms with Gasteiger partial charge in [0, 0.05) is 30.0 Å². The van der Waals surface area contributed by atoms with Crippen molar-refractivity contribution in [2.75, 3.05) is 29.9 Å². The average molecular weight is 369 g/mol. The molecule has 0 unspecified atom stereocenters. The van der Waals surface area contributed by atoms with Crippen LogP contribution in [-0.2, 0) is 0 Å². The Hall–Kier alpha value is -2.60. The molecule has 1 amide bonds. The summed E-state index contributed by atoms with van der Waals surface area (Å²) in [5.41, 5.74) is 2.60. The summed E-state index contributed by atoms with van der Waals surface area (Å²) in [6.45, 7) is 4.74. The van der Waals surface area contributed by atoms with Crippen molar-refractivity contribution < 1.29 is 9.53 Å². The molecule has 2 aromatic rings. The third-order valence-corrected chi connectivity index (χ3v) is 4.46. The van der Waals surface area contributed by atoms with Crippen molar-refractivity contribution >= 4 is 34.6 Å². The maximum atomic E-state index is 12.3. The molecule has 0 aromatic heterocycles. The fraction of sp³-hybridized carbons (Fsp3) is 0.300. The number of amides is 1. The number of thiocarbonyl (C=S) groups is 1. The van der Waals surface area contributed by atoms with Crippen LogP contribution in [-0.4, -0.2) is 30.7 Å². The molecule has 0 saturated carbocycles. The molecule has 26 heavy (non-hydrogen) atoms. The molecular formula is C20H23N3O2S. The fourth-order valence-electron chi connectivity index (χ4n) is 2.94. The molecule has 2 aromatic carbocycles. The van der Waals surface area contributed by atoms with Crippen LogP contribution in [0.25, 0.3) is 0 Å². The first-order valence-electron chi connectivity index (χ1n) is 8.86. The molecule has 5 nitrogen and oxygen atoms in total. The smallest absolute Gasteiger partial charge is 0.257 e. The number of rotatable bonds is 5. The minimum absolute atomic E-state index is 0.251. The van der Waals surface area contributed by atoms with Gasteiger partial charge in [0.2, 0.25) is 0 Å². The zero-order valence-electron chi connectivity index (χ0n) is 14.8. The molecule has 0 bridgehead atoms. The van der Waals surface area contributed by atoms with Crippen molar-refractivity contribution in [2.24, 2.45) is 0 Å². The lowest BCUT2D eigenvalue weighted by Crippen LogP contribution is -2.34. The molecular weight excluding hydrogens is 346 g/mol. The summed E-state index contributed by atoms with van der Waals surface area (Å²) < 4.78 is 5.37. The number of anilines is 2. The lowest BCUT2D eigenvalue weighted by atomic mass is 10.2. The molecule has 0 aliphatic carbocycles. The molecule has 0 radical (unpaired) electrons. The van der Waals surface area contributed by atoms with Gasteiger partial charge in [0.15, 0.2) is 5.11 Å². The average Bonchev–Trinajstić information content (AvgIpc) is 3.18. The first-order valence-corrected chi connectivity index (χ1v) is 9.27. The van der Waals surface area contributed by atoms with E-state index in [0.717, 1.165) is 24.5 Å². The van der Waals surface area contributed by atoms with Gasteiger partial charge < -0.3 is 15.0 Å². The number of carbonyl (C=O) groups excluding carboxylic acids is 1. The van der Waals surface area contributed by atoms with Crippen LogP contribution in [0.15, 0.2) is 48.5 Å². The van der Waals surface area contributed by atoms with Crippen LogP contribution in [0.3, 0.4) is 0 Å². The van der Waals surface area contributed by atoms with Gasteiger partial charge in [-0.2, -0.15) is 0 Å². The topological polar surface area (TPSA) is 53.6 Å². The van der Waals surface area contributed by atoms with Crippen LogP contribution in [0.5, 0.6) is 5.75 Å². The van der Waals surface area contributed by atoms with Crippen LogP contribution in [0, 0.1) is 0 Å². The zero-order valence-corrected chi connectivity index (χ0v) is 15.6. The molecule has 0 spiro atoms. The molecule has 1 heterocycles. The highest BCUT2D eigenvalue weighted by atomic mass is 32.1. The number of hydrogen-bond acceptors (Lipinski definition) is 4. The molecule has 1 aliphatic rings. The van der Waals surface area contributed by atoms with Gasteiger partial charge in [-0.1, -0.05) is 0 Å². The lowest BCUT2D eigenvalue weighted by molar-refractivity contribution is 0.0977. The SMILES string of the molecule is CCOc1ccc(C(=O)NC(=S)Nc2ccc(N3CCCC3)cc2)cc1. The predicted octanol–water partition coefficient (Wildman–Crippen LogP) is 3.81. The van der Waals surface area contributed by atoms with Gasteiger partial charge in [-0.25, -0.2) is 0 Å². The van der Waals surface area contributed by atoms with Gasteiger partial charge in [-0.3, -0.25) is 10.1 Å². The van der Waals surface area contributed by atoms with Crippen LogP contribution >= 0.6 is 12.2 Å². The second-order valence-corrected chi connectivity index (χ2v) is 6.51. The Morgan fingerprint density at radius 3 is 2.35 bits per heavy atom. The summed E-state index contributed by atoms with van der Waals surface area (Å²) in [4.78, 5) is 14.6. The highest BCUT2D eigenvalue weighted by molar-refractivity contribution is 7.80. The Labute approximate surface area is 159 Å². The van der Waals surface area contributed by atoms with E-state index in [1.807, 2.05) is 19.1 Å². The van der Waals surface area contributed by atoms with Crippen LogP contribution in [0.1, 0.15) is 30.1 Å². The third-order valence-electron chi connectivity index (χ3n) is 4.25. The van der Waals surface area contributed by atoms with Crippen LogP contribution < -0.4 is 20.3 Å². The monoisotopic (exact) mass is 369 g/mol. The van der Waals surface area contributed by atoms with Crippen molar-refractivity contribution in [1.82, 2.24) is 5.32 Å². The van der Waals surface area contributed by atoms with Gasteiger partial charge in [0.1, 0.15) is 5.75 Å². The summed E-state index contributed by atoms with van der Waals surface area (Å²) in [5.74, 6) is 0.488. The largest absolute Gasteiger partial charge is 0.494 e. The summed E-state index contributed by atoms with van der Waals surface area (Å²) in [5, 5.41) is 6.02. The van der Waals surface area contributed by atoms with Crippen molar-refractivity contribution in [3.63, 3.8) is 0 Å². The van der Waals surface area contributed by atoms with E-state index in [9.17, 15) is 4.79 Å². The summed E-state index contributed by atoms with van der Waals surface area (Å²) in [6, 6.07) is 15.1. The zero-order chi connectivity index (χ0) is 18.4. The van der Waals surface area contributed by atoms with Crippen molar-refractivity contribution in [3.8, 4) is 5.75 Å². The molecule has 1 saturated heterocycles. The quantitative estimate of drug-likeness (QED) is 0.785. The van der Waals surface area contributed by atoms with E-state index in [4.69, 9.17) is 17.0 Å². The molecule has 2 N–H and O–H groups in total. The molecule has 6 heteroatoms. The highest BCUT2D eigenvalue weighted by Crippen LogP contribution is 2.22. The van der Waals surface area contributed by atoms with E-state index in [2.05, 4.69) is 27.7 Å². The van der Waals surface area contributed by atoms with Gasteiger partial charge in [-0.15, -0.1) is 0 Å². The van der Waals surface area contributed by atoms with Gasteiger partial charge in [-0.05, 0) is 80.5 Å². The summed E-state index contributed by atoms with van der Waals surface area (Å²) in [7, 11) is 0. The van der Waals surface area contributed by atoms with Gasteiger partial charge in [0.25, 0.3) is 5.91 Å². The summed E-state index contributed by atoms with van der Waals surface area (Å²) >= 11 is 5.24. The maximum Gasteiger partial charge on any atom is 0.257 e. The van der Waals surface area contributed by atoms with Gasteiger partial charge >= 0.3 is 0 Å². The van der Waals surface area contributed by atoms with Crippen molar-refractivity contribution in [3.05, 3.63) is 54.1 Å². The molecule has 1 aliphatic heterocycles. The Morgan fingerprint density at radius 2 is 1.73 bits per heavy atom. The van der Waals surface area contributed by atoms with E-state index < -0.39 is 0 Å². The van der Waals surface area contributed by atoms with Crippen molar-refractivity contribution in [2.45, 2.75) is 19.8 Å². The van der Waals surface area contributed by atoms with Gasteiger partial charge in [0.05, 0.1) is 6.61 Å². The van der Waals surface area contributed by atoms with E-state index >= 15 is 0 Å². The normalized spacial score (nSPS) is 13.3. The Balaban J connectivity index is 1.53.